The standard InChI is InChI=1S/C11H22IN3O2/c1-2-4-9(13)11(12,14)7-15-6-3-5-8(15)10(16)17/h8-9H,2-7,13-14H2,1H3,(H,16,17)/t8-,9?,11-/m0/s1. The molecule has 5 N–H and O–H groups in total. The van der Waals surface area contributed by atoms with Gasteiger partial charge in [-0.3, -0.25) is 9.69 Å². The summed E-state index contributed by atoms with van der Waals surface area (Å²) in [5.74, 6) is -0.751. The van der Waals surface area contributed by atoms with Gasteiger partial charge in [-0.05, 0) is 25.8 Å². The van der Waals surface area contributed by atoms with E-state index in [-0.39, 0.29) is 12.1 Å². The molecule has 17 heavy (non-hydrogen) atoms. The molecule has 0 aromatic heterocycles. The predicted molar refractivity (Wildman–Crippen MR) is 76.1 cm³/mol. The largest absolute Gasteiger partial charge is 0.480 e. The van der Waals surface area contributed by atoms with Gasteiger partial charge < -0.3 is 16.6 Å². The Morgan fingerprint density at radius 3 is 2.88 bits per heavy atom. The van der Waals surface area contributed by atoms with E-state index in [9.17, 15) is 4.79 Å². The minimum Gasteiger partial charge on any atom is -0.480 e. The van der Waals surface area contributed by atoms with Gasteiger partial charge in [0.2, 0.25) is 0 Å². The SMILES string of the molecule is CCCC(N)[C@](N)(I)CN1CCC[C@H]1C(=O)O. The van der Waals surface area contributed by atoms with Crippen molar-refractivity contribution >= 4 is 28.6 Å². The van der Waals surface area contributed by atoms with Gasteiger partial charge >= 0.3 is 5.97 Å². The van der Waals surface area contributed by atoms with Crippen LogP contribution in [0.5, 0.6) is 0 Å². The second-order valence-corrected chi connectivity index (χ2v) is 6.80. The summed E-state index contributed by atoms with van der Waals surface area (Å²) in [5, 5.41) is 9.11. The van der Waals surface area contributed by atoms with E-state index < -0.39 is 9.51 Å². The number of nitrogens with two attached hydrogens (primary N) is 2. The first-order chi connectivity index (χ1) is 7.88. The molecule has 5 nitrogen and oxygen atoms in total. The molecule has 1 fully saturated rings. The number of nitrogens with zero attached hydrogens (tertiary/aromatic N) is 1. The molecule has 0 bridgehead atoms. The van der Waals surface area contributed by atoms with E-state index in [4.69, 9.17) is 16.6 Å². The van der Waals surface area contributed by atoms with E-state index in [2.05, 4.69) is 29.5 Å². The number of alkyl halides is 1. The monoisotopic (exact) mass is 355 g/mol. The second kappa shape index (κ2) is 6.31. The highest BCUT2D eigenvalue weighted by molar-refractivity contribution is 14.1. The van der Waals surface area contributed by atoms with Crippen LogP contribution < -0.4 is 11.5 Å². The fourth-order valence-corrected chi connectivity index (χ4v) is 3.02. The van der Waals surface area contributed by atoms with Crippen molar-refractivity contribution in [1.29, 1.82) is 0 Å². The summed E-state index contributed by atoms with van der Waals surface area (Å²) in [7, 11) is 0. The maximum atomic E-state index is 11.1. The van der Waals surface area contributed by atoms with Crippen LogP contribution in [0.25, 0.3) is 0 Å². The van der Waals surface area contributed by atoms with Crippen molar-refractivity contribution in [2.45, 2.75) is 48.2 Å². The summed E-state index contributed by atoms with van der Waals surface area (Å²) in [4.78, 5) is 13.0. The molecule has 100 valence electrons. The molecule has 0 aromatic carbocycles. The lowest BCUT2D eigenvalue weighted by molar-refractivity contribution is -0.142. The van der Waals surface area contributed by atoms with E-state index >= 15 is 0 Å². The molecular weight excluding hydrogens is 333 g/mol. The zero-order chi connectivity index (χ0) is 13.1. The van der Waals surface area contributed by atoms with Crippen molar-refractivity contribution in [3.63, 3.8) is 0 Å². The van der Waals surface area contributed by atoms with Crippen LogP contribution in [-0.4, -0.2) is 44.7 Å². The van der Waals surface area contributed by atoms with Crippen LogP contribution in [0.3, 0.4) is 0 Å². The molecule has 1 unspecified atom stereocenters. The van der Waals surface area contributed by atoms with E-state index in [0.717, 1.165) is 25.8 Å². The quantitative estimate of drug-likeness (QED) is 0.372. The van der Waals surface area contributed by atoms with Crippen LogP contribution in [0.15, 0.2) is 0 Å². The summed E-state index contributed by atoms with van der Waals surface area (Å²) in [6.45, 7) is 3.42. The van der Waals surface area contributed by atoms with Crippen molar-refractivity contribution in [3.8, 4) is 0 Å². The zero-order valence-electron chi connectivity index (χ0n) is 10.2. The number of rotatable bonds is 6. The van der Waals surface area contributed by atoms with Crippen LogP contribution in [0.4, 0.5) is 0 Å². The Kier molecular flexibility index (Phi) is 5.62. The number of aliphatic carboxylic acids is 1. The minimum absolute atomic E-state index is 0.0943. The molecule has 1 heterocycles. The molecule has 1 aliphatic heterocycles. The molecule has 3 atom stereocenters. The number of hydrogen-bond acceptors (Lipinski definition) is 4. The first-order valence-corrected chi connectivity index (χ1v) is 7.16. The molecule has 0 aliphatic carbocycles. The van der Waals surface area contributed by atoms with Gasteiger partial charge in [0.1, 0.15) is 6.04 Å². The van der Waals surface area contributed by atoms with Gasteiger partial charge in [-0.25, -0.2) is 0 Å². The van der Waals surface area contributed by atoms with Gasteiger partial charge in [-0.2, -0.15) is 0 Å². The summed E-state index contributed by atoms with van der Waals surface area (Å²) < 4.78 is -0.550. The van der Waals surface area contributed by atoms with Crippen LogP contribution in [0, 0.1) is 0 Å². The highest BCUT2D eigenvalue weighted by Crippen LogP contribution is 2.25. The number of halogens is 1. The Morgan fingerprint density at radius 1 is 1.71 bits per heavy atom. The van der Waals surface area contributed by atoms with Crippen molar-refractivity contribution in [1.82, 2.24) is 4.90 Å². The molecule has 0 radical (unpaired) electrons. The third kappa shape index (κ3) is 4.04. The lowest BCUT2D eigenvalue weighted by atomic mass is 10.0. The van der Waals surface area contributed by atoms with E-state index in [1.165, 1.54) is 0 Å². The number of hydrogen-bond donors (Lipinski definition) is 3. The summed E-state index contributed by atoms with van der Waals surface area (Å²) in [5.41, 5.74) is 12.3. The maximum Gasteiger partial charge on any atom is 0.320 e. The molecule has 0 amide bonds. The fourth-order valence-electron chi connectivity index (χ4n) is 2.27. The molecule has 6 heteroatoms. The van der Waals surface area contributed by atoms with Gasteiger partial charge in [-0.1, -0.05) is 35.9 Å². The number of carboxylic acids is 1. The Labute approximate surface area is 116 Å². The normalized spacial score (nSPS) is 26.7. The maximum absolute atomic E-state index is 11.1. The molecule has 0 saturated carbocycles. The molecule has 0 spiro atoms. The Morgan fingerprint density at radius 2 is 2.35 bits per heavy atom. The predicted octanol–water partition coefficient (Wildman–Crippen LogP) is 0.753. The molecular formula is C11H22IN3O2. The van der Waals surface area contributed by atoms with Crippen molar-refractivity contribution in [3.05, 3.63) is 0 Å². The molecule has 0 aromatic rings. The van der Waals surface area contributed by atoms with Crippen molar-refractivity contribution < 1.29 is 9.90 Å². The Hall–Kier alpha value is 0.0800. The van der Waals surface area contributed by atoms with Gasteiger partial charge in [0.15, 0.2) is 0 Å². The van der Waals surface area contributed by atoms with E-state index in [0.29, 0.717) is 13.0 Å². The van der Waals surface area contributed by atoms with E-state index in [1.54, 1.807) is 0 Å². The lowest BCUT2D eigenvalue weighted by Crippen LogP contribution is -2.58. The van der Waals surface area contributed by atoms with Gasteiger partial charge in [0, 0.05) is 12.6 Å². The van der Waals surface area contributed by atoms with Crippen LogP contribution in [0.2, 0.25) is 0 Å². The highest BCUT2D eigenvalue weighted by Gasteiger charge is 2.37. The fraction of sp³-hybridized carbons (Fsp3) is 0.909. The molecule has 1 rings (SSSR count). The van der Waals surface area contributed by atoms with E-state index in [1.807, 2.05) is 4.90 Å². The first kappa shape index (κ1) is 15.1. The molecule has 1 aliphatic rings. The number of likely N-dealkylation sites (tertiary alicyclic amines) is 1. The lowest BCUT2D eigenvalue weighted by Gasteiger charge is -2.35. The third-order valence-electron chi connectivity index (χ3n) is 3.31. The first-order valence-electron chi connectivity index (χ1n) is 6.08. The van der Waals surface area contributed by atoms with Gasteiger partial charge in [-0.15, -0.1) is 0 Å². The smallest absolute Gasteiger partial charge is 0.320 e. The minimum atomic E-state index is -0.751. The number of carboxylic acid groups (broad SMARTS) is 1. The highest BCUT2D eigenvalue weighted by atomic mass is 127. The topological polar surface area (TPSA) is 92.6 Å². The van der Waals surface area contributed by atoms with Gasteiger partial charge in [0.05, 0.1) is 3.55 Å². The average Bonchev–Trinajstić information content (AvgIpc) is 2.65. The second-order valence-electron chi connectivity index (χ2n) is 4.79. The Bertz CT molecular complexity index is 273. The van der Waals surface area contributed by atoms with Crippen LogP contribution in [0.1, 0.15) is 32.6 Å². The van der Waals surface area contributed by atoms with Crippen LogP contribution in [-0.2, 0) is 4.79 Å². The molecule has 1 saturated heterocycles. The zero-order valence-corrected chi connectivity index (χ0v) is 12.4. The van der Waals surface area contributed by atoms with Gasteiger partial charge in [0.25, 0.3) is 0 Å². The summed E-state index contributed by atoms with van der Waals surface area (Å²) in [6, 6.07) is -0.482. The third-order valence-corrected chi connectivity index (χ3v) is 4.45. The Balaban J connectivity index is 2.60. The van der Waals surface area contributed by atoms with Crippen molar-refractivity contribution in [2.24, 2.45) is 11.5 Å². The average molecular weight is 355 g/mol. The summed E-state index contributed by atoms with van der Waals surface area (Å²) in [6.07, 6.45) is 3.49. The summed E-state index contributed by atoms with van der Waals surface area (Å²) >= 11 is 2.17. The number of carbonyl (C=O) groups is 1. The van der Waals surface area contributed by atoms with Crippen LogP contribution >= 0.6 is 22.6 Å². The van der Waals surface area contributed by atoms with Crippen molar-refractivity contribution in [2.75, 3.05) is 13.1 Å².